The molecule has 7 heteroatoms. The molecule has 0 aromatic carbocycles. The summed E-state index contributed by atoms with van der Waals surface area (Å²) in [7, 11) is 1.76. The minimum atomic E-state index is -0.812. The second kappa shape index (κ2) is 6.63. The zero-order valence-corrected chi connectivity index (χ0v) is 10.5. The second-order valence-electron chi connectivity index (χ2n) is 4.14. The van der Waals surface area contributed by atoms with Gasteiger partial charge in [0.25, 0.3) is 0 Å². The van der Waals surface area contributed by atoms with Gasteiger partial charge in [0.15, 0.2) is 5.82 Å². The number of amides is 2. The summed E-state index contributed by atoms with van der Waals surface area (Å²) >= 11 is 0. The summed E-state index contributed by atoms with van der Waals surface area (Å²) in [5, 5.41) is 17.9. The highest BCUT2D eigenvalue weighted by atomic mass is 16.4. The van der Waals surface area contributed by atoms with Gasteiger partial charge in [0, 0.05) is 25.9 Å². The lowest BCUT2D eigenvalue weighted by atomic mass is 10.1. The Bertz CT molecular complexity index is 416. The van der Waals surface area contributed by atoms with Gasteiger partial charge in [0.05, 0.1) is 5.92 Å². The van der Waals surface area contributed by atoms with Gasteiger partial charge >= 0.3 is 12.0 Å². The molecular formula is C11H18N4O3. The van der Waals surface area contributed by atoms with Gasteiger partial charge in [0.2, 0.25) is 0 Å². The van der Waals surface area contributed by atoms with Crippen molar-refractivity contribution >= 4 is 17.8 Å². The van der Waals surface area contributed by atoms with Gasteiger partial charge in [-0.15, -0.1) is 0 Å². The van der Waals surface area contributed by atoms with Crippen molar-refractivity contribution in [1.29, 1.82) is 0 Å². The van der Waals surface area contributed by atoms with Crippen LogP contribution < -0.4 is 10.6 Å². The van der Waals surface area contributed by atoms with Crippen molar-refractivity contribution in [3.8, 4) is 0 Å². The quantitative estimate of drug-likeness (QED) is 0.661. The van der Waals surface area contributed by atoms with E-state index in [9.17, 15) is 9.59 Å². The van der Waals surface area contributed by atoms with E-state index >= 15 is 0 Å². The Morgan fingerprint density at radius 2 is 2.28 bits per heavy atom. The van der Waals surface area contributed by atoms with Crippen LogP contribution in [0.25, 0.3) is 0 Å². The highest BCUT2D eigenvalue weighted by Gasteiger charge is 2.10. The van der Waals surface area contributed by atoms with Crippen LogP contribution in [0.3, 0.4) is 0 Å². The van der Waals surface area contributed by atoms with Gasteiger partial charge in [-0.05, 0) is 12.8 Å². The number of anilines is 1. The Morgan fingerprint density at radius 1 is 1.56 bits per heavy atom. The highest BCUT2D eigenvalue weighted by molar-refractivity contribution is 5.88. The number of aryl methyl sites for hydroxylation is 1. The number of carbonyl (C=O) groups is 2. The summed E-state index contributed by atoms with van der Waals surface area (Å²) in [5.41, 5.74) is 0. The first-order valence-electron chi connectivity index (χ1n) is 5.76. The lowest BCUT2D eigenvalue weighted by Crippen LogP contribution is -2.30. The summed E-state index contributed by atoms with van der Waals surface area (Å²) in [4.78, 5) is 22.0. The molecule has 7 nitrogen and oxygen atoms in total. The van der Waals surface area contributed by atoms with Crippen LogP contribution in [-0.2, 0) is 11.8 Å². The first-order valence-corrected chi connectivity index (χ1v) is 5.76. The van der Waals surface area contributed by atoms with Crippen LogP contribution in [-0.4, -0.2) is 33.4 Å². The first kappa shape index (κ1) is 14.0. The Morgan fingerprint density at radius 3 is 2.83 bits per heavy atom. The highest BCUT2D eigenvalue weighted by Crippen LogP contribution is 2.04. The Balaban J connectivity index is 2.16. The van der Waals surface area contributed by atoms with Gasteiger partial charge in [-0.2, -0.15) is 5.10 Å². The van der Waals surface area contributed by atoms with E-state index < -0.39 is 5.97 Å². The predicted octanol–water partition coefficient (Wildman–Crippen LogP) is 1.04. The van der Waals surface area contributed by atoms with Crippen molar-refractivity contribution in [2.45, 2.75) is 19.8 Å². The van der Waals surface area contributed by atoms with E-state index in [4.69, 9.17) is 5.11 Å². The summed E-state index contributed by atoms with van der Waals surface area (Å²) in [5.74, 6) is -0.715. The van der Waals surface area contributed by atoms with Gasteiger partial charge in [0.1, 0.15) is 0 Å². The van der Waals surface area contributed by atoms with Gasteiger partial charge in [-0.1, -0.05) is 6.92 Å². The maximum absolute atomic E-state index is 11.4. The molecule has 100 valence electrons. The largest absolute Gasteiger partial charge is 0.481 e. The molecule has 0 bridgehead atoms. The molecular weight excluding hydrogens is 236 g/mol. The van der Waals surface area contributed by atoms with E-state index in [-0.39, 0.29) is 11.9 Å². The van der Waals surface area contributed by atoms with E-state index in [1.807, 2.05) is 0 Å². The van der Waals surface area contributed by atoms with Crippen molar-refractivity contribution < 1.29 is 14.7 Å². The number of nitrogens with zero attached hydrogens (tertiary/aromatic N) is 2. The predicted molar refractivity (Wildman–Crippen MR) is 66.3 cm³/mol. The van der Waals surface area contributed by atoms with Crippen LogP contribution in [0.2, 0.25) is 0 Å². The molecule has 0 aliphatic heterocycles. The van der Waals surface area contributed by atoms with E-state index in [1.165, 1.54) is 0 Å². The molecule has 2 amide bonds. The van der Waals surface area contributed by atoms with Crippen LogP contribution in [0, 0.1) is 5.92 Å². The number of hydrogen-bond donors (Lipinski definition) is 3. The zero-order valence-electron chi connectivity index (χ0n) is 10.5. The Labute approximate surface area is 105 Å². The van der Waals surface area contributed by atoms with Crippen LogP contribution in [0.1, 0.15) is 19.8 Å². The molecule has 0 aliphatic carbocycles. The van der Waals surface area contributed by atoms with Crippen LogP contribution >= 0.6 is 0 Å². The van der Waals surface area contributed by atoms with Crippen LogP contribution in [0.5, 0.6) is 0 Å². The second-order valence-corrected chi connectivity index (χ2v) is 4.14. The van der Waals surface area contributed by atoms with E-state index in [0.717, 1.165) is 0 Å². The number of hydrogen-bond acceptors (Lipinski definition) is 3. The third kappa shape index (κ3) is 4.86. The number of urea groups is 1. The molecule has 0 fully saturated rings. The fraction of sp³-hybridized carbons (Fsp3) is 0.545. The number of aliphatic carboxylic acids is 1. The molecule has 1 atom stereocenters. The minimum absolute atomic E-state index is 0.336. The minimum Gasteiger partial charge on any atom is -0.481 e. The number of nitrogens with one attached hydrogen (secondary N) is 2. The topological polar surface area (TPSA) is 96.3 Å². The molecule has 1 unspecified atom stereocenters. The van der Waals surface area contributed by atoms with Crippen LogP contribution in [0.4, 0.5) is 10.6 Å². The van der Waals surface area contributed by atoms with Gasteiger partial charge < -0.3 is 10.4 Å². The Kier molecular flexibility index (Phi) is 5.16. The van der Waals surface area contributed by atoms with Crippen molar-refractivity contribution in [3.63, 3.8) is 0 Å². The lowest BCUT2D eigenvalue weighted by Gasteiger charge is -2.07. The molecule has 3 N–H and O–H groups in total. The van der Waals surface area contributed by atoms with E-state index in [0.29, 0.717) is 25.2 Å². The normalized spacial score (nSPS) is 11.9. The first-order chi connectivity index (χ1) is 8.49. The average Bonchev–Trinajstić information content (AvgIpc) is 2.69. The third-order valence-corrected chi connectivity index (χ3v) is 2.48. The lowest BCUT2D eigenvalue weighted by molar-refractivity contribution is -0.141. The SMILES string of the molecule is CC(CCCNC(=O)Nc1ccn(C)n1)C(=O)O. The monoisotopic (exact) mass is 254 g/mol. The number of carbonyl (C=O) groups excluding carboxylic acids is 1. The van der Waals surface area contributed by atoms with E-state index in [2.05, 4.69) is 15.7 Å². The zero-order chi connectivity index (χ0) is 13.5. The third-order valence-electron chi connectivity index (χ3n) is 2.48. The van der Waals surface area contributed by atoms with Gasteiger partial charge in [-0.25, -0.2) is 4.79 Å². The molecule has 18 heavy (non-hydrogen) atoms. The fourth-order valence-corrected chi connectivity index (χ4v) is 1.38. The number of carboxylic acid groups (broad SMARTS) is 1. The standard InChI is InChI=1S/C11H18N4O3/c1-8(10(16)17)4-3-6-12-11(18)13-9-5-7-15(2)14-9/h5,7-8H,3-4,6H2,1-2H3,(H,16,17)(H2,12,13,14,18). The molecule has 0 spiro atoms. The van der Waals surface area contributed by atoms with Crippen molar-refractivity contribution in [3.05, 3.63) is 12.3 Å². The smallest absolute Gasteiger partial charge is 0.320 e. The number of aromatic nitrogens is 2. The summed E-state index contributed by atoms with van der Waals surface area (Å²) < 4.78 is 1.59. The van der Waals surface area contributed by atoms with Crippen molar-refractivity contribution in [2.24, 2.45) is 13.0 Å². The molecule has 0 radical (unpaired) electrons. The molecule has 0 saturated carbocycles. The molecule has 1 aromatic heterocycles. The summed E-state index contributed by atoms with van der Waals surface area (Å²) in [6.07, 6.45) is 2.90. The maximum atomic E-state index is 11.4. The van der Waals surface area contributed by atoms with Gasteiger partial charge in [-0.3, -0.25) is 14.8 Å². The van der Waals surface area contributed by atoms with E-state index in [1.54, 1.807) is 30.9 Å². The fourth-order valence-electron chi connectivity index (χ4n) is 1.38. The maximum Gasteiger partial charge on any atom is 0.320 e. The summed E-state index contributed by atoms with van der Waals surface area (Å²) in [6.45, 7) is 2.09. The number of carboxylic acids is 1. The van der Waals surface area contributed by atoms with Crippen LogP contribution in [0.15, 0.2) is 12.3 Å². The molecule has 1 heterocycles. The molecule has 0 saturated heterocycles. The van der Waals surface area contributed by atoms with Crippen molar-refractivity contribution in [1.82, 2.24) is 15.1 Å². The molecule has 1 rings (SSSR count). The molecule has 1 aromatic rings. The summed E-state index contributed by atoms with van der Waals surface area (Å²) in [6, 6.07) is 1.35. The molecule has 0 aliphatic rings. The van der Waals surface area contributed by atoms with Crippen molar-refractivity contribution in [2.75, 3.05) is 11.9 Å². The Hall–Kier alpha value is -2.05. The average molecular weight is 254 g/mol. The number of rotatable bonds is 6.